The second-order valence-electron chi connectivity index (χ2n) is 4.30. The lowest BCUT2D eigenvalue weighted by atomic mass is 10.1. The Bertz CT molecular complexity index is 681. The molecule has 112 valence electrons. The molecule has 0 spiro atoms. The maximum absolute atomic E-state index is 12.3. The van der Waals surface area contributed by atoms with Gasteiger partial charge in [0.2, 0.25) is 0 Å². The number of benzene rings is 1. The molecule has 6 nitrogen and oxygen atoms in total. The van der Waals surface area contributed by atoms with E-state index in [4.69, 9.17) is 5.11 Å². The van der Waals surface area contributed by atoms with E-state index in [1.807, 2.05) is 5.32 Å². The summed E-state index contributed by atoms with van der Waals surface area (Å²) < 4.78 is 36.8. The van der Waals surface area contributed by atoms with Gasteiger partial charge in [-0.15, -0.1) is 0 Å². The van der Waals surface area contributed by atoms with Gasteiger partial charge in [-0.25, -0.2) is 4.79 Å². The first kappa shape index (κ1) is 14.8. The number of amides is 1. The van der Waals surface area contributed by atoms with Crippen LogP contribution >= 0.6 is 0 Å². The number of para-hydroxylation sites is 1. The molecule has 21 heavy (non-hydrogen) atoms. The number of hydrogen-bond acceptors (Lipinski definition) is 3. The summed E-state index contributed by atoms with van der Waals surface area (Å²) in [5, 5.41) is 17.2. The van der Waals surface area contributed by atoms with Crippen LogP contribution in [0.5, 0.6) is 0 Å². The van der Waals surface area contributed by atoms with Gasteiger partial charge in [0.1, 0.15) is 6.04 Å². The molecule has 1 aromatic carbocycles. The van der Waals surface area contributed by atoms with Crippen molar-refractivity contribution in [3.63, 3.8) is 0 Å². The highest BCUT2D eigenvalue weighted by Crippen LogP contribution is 2.22. The lowest BCUT2D eigenvalue weighted by Crippen LogP contribution is -2.43. The summed E-state index contributed by atoms with van der Waals surface area (Å²) >= 11 is 0. The highest BCUT2D eigenvalue weighted by Gasteiger charge is 2.36. The quantitative estimate of drug-likeness (QED) is 0.801. The van der Waals surface area contributed by atoms with Crippen LogP contribution in [0.3, 0.4) is 0 Å². The number of fused-ring (bicyclic) bond motifs is 1. The zero-order valence-corrected chi connectivity index (χ0v) is 10.4. The minimum Gasteiger partial charge on any atom is -0.480 e. The molecule has 0 saturated heterocycles. The first-order chi connectivity index (χ1) is 9.78. The van der Waals surface area contributed by atoms with E-state index in [-0.39, 0.29) is 5.69 Å². The monoisotopic (exact) mass is 301 g/mol. The van der Waals surface area contributed by atoms with Gasteiger partial charge >= 0.3 is 12.1 Å². The fourth-order valence-corrected chi connectivity index (χ4v) is 1.79. The number of carbonyl (C=O) groups is 2. The van der Waals surface area contributed by atoms with E-state index in [2.05, 4.69) is 10.2 Å². The zero-order chi connectivity index (χ0) is 15.6. The summed E-state index contributed by atoms with van der Waals surface area (Å²) in [6.07, 6.45) is -6.36. The van der Waals surface area contributed by atoms with E-state index >= 15 is 0 Å². The van der Waals surface area contributed by atoms with Gasteiger partial charge in [0.25, 0.3) is 5.91 Å². The Morgan fingerprint density at radius 2 is 2.00 bits per heavy atom. The first-order valence-electron chi connectivity index (χ1n) is 5.81. The van der Waals surface area contributed by atoms with E-state index in [1.165, 1.54) is 0 Å². The Morgan fingerprint density at radius 3 is 2.62 bits per heavy atom. The number of aromatic amines is 1. The molecular weight excluding hydrogens is 291 g/mol. The van der Waals surface area contributed by atoms with E-state index in [1.54, 1.807) is 24.3 Å². The Balaban J connectivity index is 2.21. The third-order valence-corrected chi connectivity index (χ3v) is 2.72. The van der Waals surface area contributed by atoms with Gasteiger partial charge in [-0.1, -0.05) is 18.2 Å². The Kier molecular flexibility index (Phi) is 3.83. The van der Waals surface area contributed by atoms with E-state index in [0.29, 0.717) is 10.9 Å². The van der Waals surface area contributed by atoms with Crippen molar-refractivity contribution in [3.05, 3.63) is 30.0 Å². The molecule has 0 aliphatic carbocycles. The predicted molar refractivity (Wildman–Crippen MR) is 65.7 cm³/mol. The first-order valence-corrected chi connectivity index (χ1v) is 5.81. The van der Waals surface area contributed by atoms with Gasteiger partial charge in [0, 0.05) is 5.39 Å². The molecule has 0 saturated carbocycles. The van der Waals surface area contributed by atoms with Gasteiger partial charge in [-0.3, -0.25) is 9.89 Å². The minimum atomic E-state index is -4.70. The van der Waals surface area contributed by atoms with Crippen LogP contribution in [-0.2, 0) is 4.79 Å². The molecule has 0 radical (unpaired) electrons. The fraction of sp³-hybridized carbons (Fsp3) is 0.250. The molecule has 9 heteroatoms. The molecule has 3 N–H and O–H groups in total. The normalized spacial score (nSPS) is 13.1. The summed E-state index contributed by atoms with van der Waals surface area (Å²) in [6, 6.07) is 4.43. The van der Waals surface area contributed by atoms with Gasteiger partial charge in [-0.2, -0.15) is 18.3 Å². The summed E-state index contributed by atoms with van der Waals surface area (Å²) in [6.45, 7) is 0. The van der Waals surface area contributed by atoms with Gasteiger partial charge in [0.05, 0.1) is 11.9 Å². The van der Waals surface area contributed by atoms with Crippen LogP contribution < -0.4 is 5.32 Å². The van der Waals surface area contributed by atoms with Crippen LogP contribution in [0.1, 0.15) is 16.9 Å². The van der Waals surface area contributed by atoms with Crippen LogP contribution in [-0.4, -0.2) is 39.4 Å². The minimum absolute atomic E-state index is 0.154. The number of aromatic nitrogens is 2. The average molecular weight is 301 g/mol. The van der Waals surface area contributed by atoms with E-state index in [9.17, 15) is 22.8 Å². The summed E-state index contributed by atoms with van der Waals surface area (Å²) in [7, 11) is 0. The second-order valence-corrected chi connectivity index (χ2v) is 4.30. The Morgan fingerprint density at radius 1 is 1.33 bits per heavy atom. The van der Waals surface area contributed by atoms with Crippen molar-refractivity contribution in [1.29, 1.82) is 0 Å². The van der Waals surface area contributed by atoms with E-state index < -0.39 is 30.5 Å². The van der Waals surface area contributed by atoms with Gasteiger partial charge < -0.3 is 10.4 Å². The van der Waals surface area contributed by atoms with Crippen molar-refractivity contribution in [2.75, 3.05) is 0 Å². The number of nitrogens with zero attached hydrogens (tertiary/aromatic N) is 1. The molecule has 2 aromatic rings. The number of carbonyl (C=O) groups excluding carboxylic acids is 1. The molecule has 1 amide bonds. The highest BCUT2D eigenvalue weighted by molar-refractivity contribution is 6.05. The van der Waals surface area contributed by atoms with Gasteiger partial charge in [0.15, 0.2) is 5.69 Å². The van der Waals surface area contributed by atoms with Crippen LogP contribution in [0.2, 0.25) is 0 Å². The maximum Gasteiger partial charge on any atom is 0.391 e. The molecule has 0 aliphatic heterocycles. The molecule has 0 fully saturated rings. The molecule has 2 rings (SSSR count). The Hall–Kier alpha value is -2.58. The molecule has 0 bridgehead atoms. The third kappa shape index (κ3) is 3.50. The fourth-order valence-electron chi connectivity index (χ4n) is 1.79. The largest absolute Gasteiger partial charge is 0.480 e. The number of carboxylic acid groups (broad SMARTS) is 1. The molecule has 1 atom stereocenters. The summed E-state index contributed by atoms with van der Waals surface area (Å²) in [4.78, 5) is 22.7. The smallest absolute Gasteiger partial charge is 0.391 e. The summed E-state index contributed by atoms with van der Waals surface area (Å²) in [5.74, 6) is -2.75. The Labute approximate surface area is 115 Å². The van der Waals surface area contributed by atoms with Crippen molar-refractivity contribution < 1.29 is 27.9 Å². The van der Waals surface area contributed by atoms with E-state index in [0.717, 1.165) is 0 Å². The summed E-state index contributed by atoms with van der Waals surface area (Å²) in [5.41, 5.74) is 0.365. The number of aliphatic carboxylic acids is 1. The number of halogens is 3. The van der Waals surface area contributed by atoms with Crippen LogP contribution in [0, 0.1) is 0 Å². The number of carboxylic acids is 1. The molecule has 1 aromatic heterocycles. The van der Waals surface area contributed by atoms with Crippen molar-refractivity contribution in [2.45, 2.75) is 18.6 Å². The lowest BCUT2D eigenvalue weighted by Gasteiger charge is -2.15. The van der Waals surface area contributed by atoms with Crippen LogP contribution in [0.15, 0.2) is 24.3 Å². The highest BCUT2D eigenvalue weighted by atomic mass is 19.4. The number of alkyl halides is 3. The maximum atomic E-state index is 12.3. The SMILES string of the molecule is O=C(NC(CC(F)(F)F)C(=O)O)c1n[nH]c2ccccc12. The predicted octanol–water partition coefficient (Wildman–Crippen LogP) is 1.70. The average Bonchev–Trinajstić information content (AvgIpc) is 2.80. The molecule has 1 unspecified atom stereocenters. The number of nitrogens with one attached hydrogen (secondary N) is 2. The second kappa shape index (κ2) is 5.43. The van der Waals surface area contributed by atoms with Crippen molar-refractivity contribution in [2.24, 2.45) is 0 Å². The number of rotatable bonds is 4. The number of H-pyrrole nitrogens is 1. The molecular formula is C12H10F3N3O3. The molecule has 1 heterocycles. The molecule has 0 aliphatic rings. The van der Waals surface area contributed by atoms with Crippen molar-refractivity contribution >= 4 is 22.8 Å². The van der Waals surface area contributed by atoms with Gasteiger partial charge in [-0.05, 0) is 6.07 Å². The van der Waals surface area contributed by atoms with Crippen LogP contribution in [0.25, 0.3) is 10.9 Å². The lowest BCUT2D eigenvalue weighted by molar-refractivity contribution is -0.157. The van der Waals surface area contributed by atoms with Crippen molar-refractivity contribution in [3.8, 4) is 0 Å². The standard InChI is InChI=1S/C12H10F3N3O3/c13-12(14,15)5-8(11(20)21)16-10(19)9-6-3-1-2-4-7(6)17-18-9/h1-4,8H,5H2,(H,16,19)(H,17,18)(H,20,21). The number of hydrogen-bond donors (Lipinski definition) is 3. The zero-order valence-electron chi connectivity index (χ0n) is 10.4. The van der Waals surface area contributed by atoms with Crippen molar-refractivity contribution in [1.82, 2.24) is 15.5 Å². The third-order valence-electron chi connectivity index (χ3n) is 2.72. The topological polar surface area (TPSA) is 95.1 Å². The van der Waals surface area contributed by atoms with Crippen LogP contribution in [0.4, 0.5) is 13.2 Å².